The minimum Gasteiger partial charge on any atom is -0.372 e. The normalized spacial score (nSPS) is 27.0. The average Bonchev–Trinajstić information content (AvgIpc) is 3.23. The van der Waals surface area contributed by atoms with Crippen LogP contribution in [0.3, 0.4) is 0 Å². The number of nitrogens with zero attached hydrogens (tertiary/aromatic N) is 2. The smallest absolute Gasteiger partial charge is 0.0831 e. The van der Waals surface area contributed by atoms with Crippen LogP contribution in [0.2, 0.25) is 0 Å². The molecule has 1 aliphatic carbocycles. The number of nitrogens with one attached hydrogen (secondary N) is 2. The molecule has 0 bridgehead atoms. The first-order valence-electron chi connectivity index (χ1n) is 7.94. The fraction of sp³-hybridized carbons (Fsp3) is 0.800. The number of piperidine rings is 1. The lowest BCUT2D eigenvalue weighted by Gasteiger charge is -2.44. The Balaban J connectivity index is 1.32. The Kier molecular flexibility index (Phi) is 3.28. The summed E-state index contributed by atoms with van der Waals surface area (Å²) in [5, 5.41) is 11.1. The predicted octanol–water partition coefficient (Wildman–Crippen LogP) is 1.24. The zero-order valence-corrected chi connectivity index (χ0v) is 12.0. The highest BCUT2D eigenvalue weighted by Gasteiger charge is 2.37. The summed E-state index contributed by atoms with van der Waals surface area (Å²) in [7, 11) is 0. The Morgan fingerprint density at radius 3 is 2.90 bits per heavy atom. The first-order valence-corrected chi connectivity index (χ1v) is 7.94. The van der Waals surface area contributed by atoms with Gasteiger partial charge in [-0.2, -0.15) is 5.10 Å². The van der Waals surface area contributed by atoms with Crippen molar-refractivity contribution in [1.29, 1.82) is 0 Å². The van der Waals surface area contributed by atoms with E-state index in [1.165, 1.54) is 24.2 Å². The van der Waals surface area contributed by atoms with E-state index in [2.05, 4.69) is 26.5 Å². The molecule has 0 unspecified atom stereocenters. The summed E-state index contributed by atoms with van der Waals surface area (Å²) >= 11 is 0. The second-order valence-electron chi connectivity index (χ2n) is 6.58. The second-order valence-corrected chi connectivity index (χ2v) is 6.58. The third kappa shape index (κ3) is 2.62. The topological polar surface area (TPSA) is 53.2 Å². The molecule has 3 fully saturated rings. The Bertz CT molecular complexity index is 452. The van der Waals surface area contributed by atoms with Crippen LogP contribution < -0.4 is 5.32 Å². The van der Waals surface area contributed by atoms with Gasteiger partial charge in [0.05, 0.1) is 17.9 Å². The van der Waals surface area contributed by atoms with E-state index >= 15 is 0 Å². The summed E-state index contributed by atoms with van der Waals surface area (Å²) in [4.78, 5) is 2.52. The van der Waals surface area contributed by atoms with Crippen LogP contribution >= 0.6 is 0 Å². The number of likely N-dealkylation sites (tertiary alicyclic amines) is 1. The number of rotatable bonds is 3. The molecule has 2 N–H and O–H groups in total. The van der Waals surface area contributed by atoms with Crippen molar-refractivity contribution in [3.05, 3.63) is 17.5 Å². The number of hydrogen-bond donors (Lipinski definition) is 2. The van der Waals surface area contributed by atoms with E-state index in [0.29, 0.717) is 0 Å². The Hall–Kier alpha value is -0.910. The molecule has 5 heteroatoms. The van der Waals surface area contributed by atoms with Crippen LogP contribution in [0.4, 0.5) is 0 Å². The van der Waals surface area contributed by atoms with Gasteiger partial charge in [-0.1, -0.05) is 0 Å². The minimum atomic E-state index is 0.113. The number of hydrogen-bond acceptors (Lipinski definition) is 4. The van der Waals surface area contributed by atoms with Crippen LogP contribution in [0.5, 0.6) is 0 Å². The molecular formula is C15H24N4O. The predicted molar refractivity (Wildman–Crippen MR) is 76.6 cm³/mol. The molecule has 0 aromatic carbocycles. The van der Waals surface area contributed by atoms with Crippen molar-refractivity contribution < 1.29 is 4.74 Å². The van der Waals surface area contributed by atoms with Gasteiger partial charge in [0.1, 0.15) is 0 Å². The number of aromatic nitrogens is 2. The SMILES string of the molecule is c1c(C2CC2)n[nH]c1CN1CCC2(CC1)CNCCO2. The van der Waals surface area contributed by atoms with E-state index in [1.807, 2.05) is 0 Å². The van der Waals surface area contributed by atoms with E-state index in [4.69, 9.17) is 4.74 Å². The van der Waals surface area contributed by atoms with Gasteiger partial charge in [0.25, 0.3) is 0 Å². The first-order chi connectivity index (χ1) is 9.83. The molecule has 4 rings (SSSR count). The van der Waals surface area contributed by atoms with Crippen molar-refractivity contribution in [3.8, 4) is 0 Å². The third-order valence-corrected chi connectivity index (χ3v) is 4.94. The van der Waals surface area contributed by atoms with Gasteiger partial charge in [-0.25, -0.2) is 0 Å². The lowest BCUT2D eigenvalue weighted by molar-refractivity contribution is -0.101. The molecule has 3 heterocycles. The number of aromatic amines is 1. The largest absolute Gasteiger partial charge is 0.372 e. The molecule has 0 atom stereocenters. The van der Waals surface area contributed by atoms with E-state index < -0.39 is 0 Å². The van der Waals surface area contributed by atoms with Crippen LogP contribution in [0.25, 0.3) is 0 Å². The van der Waals surface area contributed by atoms with Gasteiger partial charge in [0.15, 0.2) is 0 Å². The zero-order valence-electron chi connectivity index (χ0n) is 12.0. The highest BCUT2D eigenvalue weighted by atomic mass is 16.5. The van der Waals surface area contributed by atoms with Crippen molar-refractivity contribution in [2.45, 2.75) is 43.7 Å². The van der Waals surface area contributed by atoms with Crippen LogP contribution in [0, 0.1) is 0 Å². The van der Waals surface area contributed by atoms with Gasteiger partial charge in [-0.15, -0.1) is 0 Å². The van der Waals surface area contributed by atoms with Crippen LogP contribution in [0.1, 0.15) is 43.0 Å². The molecular weight excluding hydrogens is 252 g/mol. The minimum absolute atomic E-state index is 0.113. The van der Waals surface area contributed by atoms with Gasteiger partial charge in [-0.05, 0) is 31.7 Å². The third-order valence-electron chi connectivity index (χ3n) is 4.94. The van der Waals surface area contributed by atoms with Crippen LogP contribution in [-0.2, 0) is 11.3 Å². The van der Waals surface area contributed by atoms with Gasteiger partial charge in [0.2, 0.25) is 0 Å². The summed E-state index contributed by atoms with van der Waals surface area (Å²) in [6.45, 7) is 6.15. The van der Waals surface area contributed by atoms with Crippen molar-refractivity contribution in [2.75, 3.05) is 32.8 Å². The Morgan fingerprint density at radius 2 is 2.20 bits per heavy atom. The number of ether oxygens (including phenoxy) is 1. The maximum atomic E-state index is 6.04. The zero-order chi connectivity index (χ0) is 13.4. The van der Waals surface area contributed by atoms with Gasteiger partial charge < -0.3 is 10.1 Å². The number of H-pyrrole nitrogens is 1. The van der Waals surface area contributed by atoms with E-state index in [0.717, 1.165) is 58.1 Å². The maximum Gasteiger partial charge on any atom is 0.0831 e. The summed E-state index contributed by atoms with van der Waals surface area (Å²) < 4.78 is 6.04. The molecule has 2 aliphatic heterocycles. The lowest BCUT2D eigenvalue weighted by Crippen LogP contribution is -2.55. The fourth-order valence-electron chi connectivity index (χ4n) is 3.44. The molecule has 20 heavy (non-hydrogen) atoms. The summed E-state index contributed by atoms with van der Waals surface area (Å²) in [6.07, 6.45) is 4.93. The van der Waals surface area contributed by atoms with Gasteiger partial charge in [0, 0.05) is 44.3 Å². The van der Waals surface area contributed by atoms with Crippen molar-refractivity contribution >= 4 is 0 Å². The summed E-state index contributed by atoms with van der Waals surface area (Å²) in [5.41, 5.74) is 2.65. The Morgan fingerprint density at radius 1 is 1.35 bits per heavy atom. The van der Waals surface area contributed by atoms with Gasteiger partial charge in [-0.3, -0.25) is 10.00 Å². The molecule has 2 saturated heterocycles. The molecule has 110 valence electrons. The highest BCUT2D eigenvalue weighted by Crippen LogP contribution is 2.39. The highest BCUT2D eigenvalue weighted by molar-refractivity contribution is 5.17. The van der Waals surface area contributed by atoms with E-state index in [-0.39, 0.29) is 5.60 Å². The first kappa shape index (κ1) is 12.8. The fourth-order valence-corrected chi connectivity index (χ4v) is 3.44. The van der Waals surface area contributed by atoms with Crippen molar-refractivity contribution in [3.63, 3.8) is 0 Å². The lowest BCUT2D eigenvalue weighted by atomic mass is 9.90. The van der Waals surface area contributed by atoms with Gasteiger partial charge >= 0.3 is 0 Å². The summed E-state index contributed by atoms with van der Waals surface area (Å²) in [5.74, 6) is 0.742. The molecule has 3 aliphatic rings. The second kappa shape index (κ2) is 5.13. The molecule has 1 aromatic rings. The quantitative estimate of drug-likeness (QED) is 0.872. The molecule has 1 spiro atoms. The molecule has 5 nitrogen and oxygen atoms in total. The van der Waals surface area contributed by atoms with Crippen LogP contribution in [-0.4, -0.2) is 53.5 Å². The molecule has 1 aromatic heterocycles. The van der Waals surface area contributed by atoms with E-state index in [1.54, 1.807) is 0 Å². The standard InChI is InChI=1S/C15H24N4O/c1-2-12(1)14-9-13(17-18-14)10-19-6-3-15(4-7-19)11-16-5-8-20-15/h9,12,16H,1-8,10-11H2,(H,17,18). The van der Waals surface area contributed by atoms with E-state index in [9.17, 15) is 0 Å². The van der Waals surface area contributed by atoms with Crippen molar-refractivity contribution in [1.82, 2.24) is 20.4 Å². The molecule has 0 amide bonds. The molecule has 0 radical (unpaired) electrons. The number of morpholine rings is 1. The maximum absolute atomic E-state index is 6.04. The monoisotopic (exact) mass is 276 g/mol. The summed E-state index contributed by atoms with van der Waals surface area (Å²) in [6, 6.07) is 2.26. The molecule has 1 saturated carbocycles. The van der Waals surface area contributed by atoms with Crippen LogP contribution in [0.15, 0.2) is 6.07 Å². The van der Waals surface area contributed by atoms with Crippen molar-refractivity contribution in [2.24, 2.45) is 0 Å². The average molecular weight is 276 g/mol. The Labute approximate surface area is 120 Å².